The van der Waals surface area contributed by atoms with Crippen LogP contribution >= 0.6 is 11.3 Å². The SMILES string of the molecule is Cn1cnn(CCNCc2cccs2)c1=O. The van der Waals surface area contributed by atoms with Gasteiger partial charge in [0.1, 0.15) is 6.33 Å². The summed E-state index contributed by atoms with van der Waals surface area (Å²) in [6.07, 6.45) is 1.53. The summed E-state index contributed by atoms with van der Waals surface area (Å²) in [4.78, 5) is 12.7. The molecule has 0 saturated carbocycles. The highest BCUT2D eigenvalue weighted by Crippen LogP contribution is 2.06. The lowest BCUT2D eigenvalue weighted by atomic mass is 10.4. The van der Waals surface area contributed by atoms with E-state index in [1.54, 1.807) is 18.4 Å². The Labute approximate surface area is 97.3 Å². The summed E-state index contributed by atoms with van der Waals surface area (Å²) < 4.78 is 2.93. The molecule has 2 aromatic heterocycles. The summed E-state index contributed by atoms with van der Waals surface area (Å²) in [6.45, 7) is 2.19. The van der Waals surface area contributed by atoms with Crippen molar-refractivity contribution in [2.45, 2.75) is 13.1 Å². The van der Waals surface area contributed by atoms with Crippen molar-refractivity contribution in [3.05, 3.63) is 39.2 Å². The van der Waals surface area contributed by atoms with E-state index in [2.05, 4.69) is 21.9 Å². The molecule has 6 heteroatoms. The van der Waals surface area contributed by atoms with E-state index < -0.39 is 0 Å². The molecule has 86 valence electrons. The summed E-state index contributed by atoms with van der Waals surface area (Å²) in [7, 11) is 1.70. The molecule has 2 rings (SSSR count). The molecule has 0 aliphatic heterocycles. The van der Waals surface area contributed by atoms with Crippen molar-refractivity contribution in [1.82, 2.24) is 19.7 Å². The van der Waals surface area contributed by atoms with Crippen molar-refractivity contribution in [3.8, 4) is 0 Å². The molecule has 2 aromatic rings. The van der Waals surface area contributed by atoms with Gasteiger partial charge in [0, 0.05) is 25.0 Å². The van der Waals surface area contributed by atoms with E-state index in [-0.39, 0.29) is 5.69 Å². The lowest BCUT2D eigenvalue weighted by Gasteiger charge is -2.02. The van der Waals surface area contributed by atoms with Crippen LogP contribution in [0.2, 0.25) is 0 Å². The topological polar surface area (TPSA) is 51.9 Å². The zero-order valence-electron chi connectivity index (χ0n) is 9.09. The number of nitrogens with zero attached hydrogens (tertiary/aromatic N) is 3. The molecule has 0 aliphatic rings. The Kier molecular flexibility index (Phi) is 3.53. The van der Waals surface area contributed by atoms with Gasteiger partial charge in [0.25, 0.3) is 0 Å². The minimum atomic E-state index is -0.0714. The van der Waals surface area contributed by atoms with E-state index in [0.29, 0.717) is 6.54 Å². The maximum atomic E-state index is 11.4. The monoisotopic (exact) mass is 238 g/mol. The molecule has 0 fully saturated rings. The van der Waals surface area contributed by atoms with E-state index in [4.69, 9.17) is 0 Å². The van der Waals surface area contributed by atoms with Crippen LogP contribution in [0.5, 0.6) is 0 Å². The molecule has 2 heterocycles. The Hall–Kier alpha value is -1.40. The molecule has 0 unspecified atom stereocenters. The zero-order valence-corrected chi connectivity index (χ0v) is 9.91. The van der Waals surface area contributed by atoms with E-state index in [9.17, 15) is 4.79 Å². The standard InChI is InChI=1S/C10H14N4OS/c1-13-8-12-14(10(13)15)5-4-11-7-9-3-2-6-16-9/h2-3,6,8,11H,4-5,7H2,1H3. The highest BCUT2D eigenvalue weighted by atomic mass is 32.1. The summed E-state index contributed by atoms with van der Waals surface area (Å²) in [5.74, 6) is 0. The summed E-state index contributed by atoms with van der Waals surface area (Å²) in [5.41, 5.74) is -0.0714. The van der Waals surface area contributed by atoms with E-state index >= 15 is 0 Å². The summed E-state index contributed by atoms with van der Waals surface area (Å²) in [6, 6.07) is 4.12. The Morgan fingerprint density at radius 2 is 2.44 bits per heavy atom. The van der Waals surface area contributed by atoms with Crippen molar-refractivity contribution in [2.75, 3.05) is 6.54 Å². The molecule has 1 N–H and O–H groups in total. The molecule has 0 amide bonds. The quantitative estimate of drug-likeness (QED) is 0.769. The van der Waals surface area contributed by atoms with Crippen LogP contribution in [0.1, 0.15) is 4.88 Å². The average molecular weight is 238 g/mol. The molecule has 5 nitrogen and oxygen atoms in total. The molecule has 0 atom stereocenters. The van der Waals surface area contributed by atoms with Gasteiger partial charge in [-0.15, -0.1) is 11.3 Å². The smallest absolute Gasteiger partial charge is 0.310 e. The molecule has 0 aliphatic carbocycles. The first-order chi connectivity index (χ1) is 7.77. The molecule has 0 spiro atoms. The van der Waals surface area contributed by atoms with Gasteiger partial charge in [-0.1, -0.05) is 6.07 Å². The Morgan fingerprint density at radius 1 is 1.56 bits per heavy atom. The van der Waals surface area contributed by atoms with Crippen LogP contribution in [0.3, 0.4) is 0 Å². The first-order valence-corrected chi connectivity index (χ1v) is 5.97. The van der Waals surface area contributed by atoms with Crippen LogP contribution in [0.15, 0.2) is 28.6 Å². The fraction of sp³-hybridized carbons (Fsp3) is 0.400. The maximum Gasteiger partial charge on any atom is 0.345 e. The number of hydrogen-bond acceptors (Lipinski definition) is 4. The van der Waals surface area contributed by atoms with Crippen LogP contribution in [0.4, 0.5) is 0 Å². The van der Waals surface area contributed by atoms with Gasteiger partial charge in [-0.05, 0) is 11.4 Å². The summed E-state index contributed by atoms with van der Waals surface area (Å²) >= 11 is 1.73. The molecule has 0 saturated heterocycles. The van der Waals surface area contributed by atoms with Crippen LogP contribution < -0.4 is 11.0 Å². The van der Waals surface area contributed by atoms with Crippen molar-refractivity contribution in [1.29, 1.82) is 0 Å². The van der Waals surface area contributed by atoms with Crippen molar-refractivity contribution in [3.63, 3.8) is 0 Å². The predicted octanol–water partition coefficient (Wildman–Crippen LogP) is 0.433. The largest absolute Gasteiger partial charge is 0.345 e. The Morgan fingerprint density at radius 3 is 3.06 bits per heavy atom. The average Bonchev–Trinajstić information content (AvgIpc) is 2.88. The van der Waals surface area contributed by atoms with Crippen molar-refractivity contribution < 1.29 is 0 Å². The predicted molar refractivity (Wildman–Crippen MR) is 63.5 cm³/mol. The lowest BCUT2D eigenvalue weighted by molar-refractivity contribution is 0.538. The highest BCUT2D eigenvalue weighted by Gasteiger charge is 2.00. The fourth-order valence-corrected chi connectivity index (χ4v) is 2.06. The number of thiophene rings is 1. The van der Waals surface area contributed by atoms with Crippen molar-refractivity contribution >= 4 is 11.3 Å². The number of aryl methyl sites for hydroxylation is 1. The number of nitrogens with one attached hydrogen (secondary N) is 1. The normalized spacial score (nSPS) is 10.8. The van der Waals surface area contributed by atoms with Gasteiger partial charge < -0.3 is 5.32 Å². The number of hydrogen-bond donors (Lipinski definition) is 1. The van der Waals surface area contributed by atoms with Gasteiger partial charge in [0.2, 0.25) is 0 Å². The van der Waals surface area contributed by atoms with Gasteiger partial charge in [-0.2, -0.15) is 5.10 Å². The third-order valence-electron chi connectivity index (χ3n) is 2.27. The summed E-state index contributed by atoms with van der Waals surface area (Å²) in [5, 5.41) is 9.31. The third-order valence-corrected chi connectivity index (χ3v) is 3.14. The van der Waals surface area contributed by atoms with Crippen LogP contribution in [0.25, 0.3) is 0 Å². The van der Waals surface area contributed by atoms with Crippen LogP contribution in [-0.2, 0) is 20.1 Å². The molecular formula is C10H14N4OS. The molecule has 0 aromatic carbocycles. The van der Waals surface area contributed by atoms with Crippen molar-refractivity contribution in [2.24, 2.45) is 7.05 Å². The van der Waals surface area contributed by atoms with Gasteiger partial charge in [-0.3, -0.25) is 4.57 Å². The van der Waals surface area contributed by atoms with Gasteiger partial charge in [0.05, 0.1) is 6.54 Å². The van der Waals surface area contributed by atoms with Gasteiger partial charge in [-0.25, -0.2) is 9.48 Å². The first kappa shape index (κ1) is 11.1. The zero-order chi connectivity index (χ0) is 11.4. The van der Waals surface area contributed by atoms with Crippen LogP contribution in [0, 0.1) is 0 Å². The van der Waals surface area contributed by atoms with Crippen LogP contribution in [-0.4, -0.2) is 20.9 Å². The molecular weight excluding hydrogens is 224 g/mol. The number of rotatable bonds is 5. The first-order valence-electron chi connectivity index (χ1n) is 5.09. The second-order valence-electron chi connectivity index (χ2n) is 3.50. The Balaban J connectivity index is 1.76. The minimum absolute atomic E-state index is 0.0714. The second-order valence-corrected chi connectivity index (χ2v) is 4.54. The third kappa shape index (κ3) is 2.59. The van der Waals surface area contributed by atoms with E-state index in [0.717, 1.165) is 13.1 Å². The second kappa shape index (κ2) is 5.09. The number of aromatic nitrogens is 3. The highest BCUT2D eigenvalue weighted by molar-refractivity contribution is 7.09. The van der Waals surface area contributed by atoms with E-state index in [1.165, 1.54) is 20.5 Å². The van der Waals surface area contributed by atoms with E-state index in [1.807, 2.05) is 6.07 Å². The lowest BCUT2D eigenvalue weighted by Crippen LogP contribution is -2.28. The minimum Gasteiger partial charge on any atom is -0.310 e. The fourth-order valence-electron chi connectivity index (χ4n) is 1.38. The molecule has 0 bridgehead atoms. The van der Waals surface area contributed by atoms with Gasteiger partial charge in [0.15, 0.2) is 0 Å². The van der Waals surface area contributed by atoms with Gasteiger partial charge >= 0.3 is 5.69 Å². The molecule has 16 heavy (non-hydrogen) atoms. The molecule has 0 radical (unpaired) electrons. The maximum absolute atomic E-state index is 11.4. The Bertz CT molecular complexity index is 485.